The number of thiol groups is 1. The molecule has 1 atom stereocenters. The van der Waals surface area contributed by atoms with Gasteiger partial charge < -0.3 is 9.84 Å². The number of nitrogens with zero attached hydrogens (tertiary/aromatic N) is 1. The number of alkyl halides is 2. The van der Waals surface area contributed by atoms with Gasteiger partial charge in [-0.3, -0.25) is 4.90 Å². The summed E-state index contributed by atoms with van der Waals surface area (Å²) in [5.74, 6) is -1.10. The monoisotopic (exact) mass is 483 g/mol. The first-order valence-corrected chi connectivity index (χ1v) is 11.5. The topological polar surface area (TPSA) is 66.8 Å². The summed E-state index contributed by atoms with van der Waals surface area (Å²) in [6, 6.07) is 13.1. The Morgan fingerprint density at radius 1 is 1.13 bits per heavy atom. The maximum absolute atomic E-state index is 12.8. The molecule has 1 aliphatic rings. The molecule has 5 nitrogen and oxygen atoms in total. The van der Waals surface area contributed by atoms with Gasteiger partial charge in [0, 0.05) is 5.75 Å². The number of amides is 1. The molecular weight excluding hydrogens is 457 g/mol. The van der Waals surface area contributed by atoms with Crippen molar-refractivity contribution in [2.45, 2.75) is 45.4 Å². The zero-order valence-electron chi connectivity index (χ0n) is 17.8. The first-order valence-electron chi connectivity index (χ1n) is 9.77. The van der Waals surface area contributed by atoms with Gasteiger partial charge in [-0.15, -0.1) is 23.2 Å². The van der Waals surface area contributed by atoms with E-state index in [1.165, 1.54) is 16.0 Å². The van der Waals surface area contributed by atoms with Gasteiger partial charge in [0.05, 0.1) is 11.9 Å². The number of carboxylic acids is 1. The number of carboxylic acid groups (broad SMARTS) is 1. The van der Waals surface area contributed by atoms with E-state index in [4.69, 9.17) is 27.9 Å². The van der Waals surface area contributed by atoms with Crippen LogP contribution in [0.4, 0.5) is 4.79 Å². The molecule has 1 unspecified atom stereocenters. The van der Waals surface area contributed by atoms with Gasteiger partial charge in [-0.05, 0) is 55.0 Å². The van der Waals surface area contributed by atoms with Crippen LogP contribution in [0.5, 0.6) is 0 Å². The van der Waals surface area contributed by atoms with Crippen LogP contribution in [0, 0.1) is 0 Å². The van der Waals surface area contributed by atoms with Crippen molar-refractivity contribution in [2.24, 2.45) is 0 Å². The molecule has 168 valence electrons. The molecule has 0 spiro atoms. The van der Waals surface area contributed by atoms with Crippen LogP contribution in [0.15, 0.2) is 42.5 Å². The first-order chi connectivity index (χ1) is 14.6. The van der Waals surface area contributed by atoms with E-state index in [-0.39, 0.29) is 17.6 Å². The third-order valence-corrected chi connectivity index (χ3v) is 5.10. The number of ether oxygens (including phenoxy) is 1. The first kappa shape index (κ1) is 25.4. The Balaban J connectivity index is 0.00000107. The number of hydrogen-bond donors (Lipinski definition) is 2. The van der Waals surface area contributed by atoms with Gasteiger partial charge >= 0.3 is 12.1 Å². The van der Waals surface area contributed by atoms with Gasteiger partial charge in [-0.25, -0.2) is 9.59 Å². The molecule has 0 fully saturated rings. The normalized spacial score (nSPS) is 12.7. The van der Waals surface area contributed by atoms with Crippen molar-refractivity contribution in [3.05, 3.63) is 59.2 Å². The van der Waals surface area contributed by atoms with Gasteiger partial charge in [0.2, 0.25) is 0 Å². The maximum Gasteiger partial charge on any atom is 0.411 e. The summed E-state index contributed by atoms with van der Waals surface area (Å²) in [5, 5.41) is 9.80. The number of carbonyl (C=O) groups excluding carboxylic acids is 1. The van der Waals surface area contributed by atoms with Crippen LogP contribution in [-0.4, -0.2) is 44.8 Å². The van der Waals surface area contributed by atoms with Crippen molar-refractivity contribution in [3.8, 4) is 11.1 Å². The predicted octanol–water partition coefficient (Wildman–Crippen LogP) is 5.80. The number of carbonyl (C=O) groups is 2. The van der Waals surface area contributed by atoms with Crippen molar-refractivity contribution in [1.82, 2.24) is 4.90 Å². The summed E-state index contributed by atoms with van der Waals surface area (Å²) in [5.41, 5.74) is 4.89. The second-order valence-corrected chi connectivity index (χ2v) is 9.20. The Morgan fingerprint density at radius 3 is 2.32 bits per heavy atom. The maximum atomic E-state index is 12.8. The molecule has 3 rings (SSSR count). The highest BCUT2D eigenvalue weighted by Crippen LogP contribution is 2.38. The van der Waals surface area contributed by atoms with Crippen molar-refractivity contribution in [2.75, 3.05) is 11.1 Å². The van der Waals surface area contributed by atoms with Crippen molar-refractivity contribution >= 4 is 47.9 Å². The Morgan fingerprint density at radius 2 is 1.74 bits per heavy atom. The van der Waals surface area contributed by atoms with Crippen LogP contribution in [0.2, 0.25) is 0 Å². The van der Waals surface area contributed by atoms with Gasteiger partial charge in [0.15, 0.2) is 0 Å². The lowest BCUT2D eigenvalue weighted by Crippen LogP contribution is -2.48. The van der Waals surface area contributed by atoms with Crippen molar-refractivity contribution in [1.29, 1.82) is 0 Å². The Hall–Kier alpha value is -1.89. The van der Waals surface area contributed by atoms with E-state index in [1.807, 2.05) is 24.3 Å². The van der Waals surface area contributed by atoms with E-state index >= 15 is 0 Å². The van der Waals surface area contributed by atoms with E-state index in [9.17, 15) is 14.7 Å². The molecule has 8 heteroatoms. The number of halogens is 2. The quantitative estimate of drug-likeness (QED) is 0.355. The lowest BCUT2D eigenvalue weighted by atomic mass is 10.0. The molecule has 1 amide bonds. The minimum atomic E-state index is -1.10. The fourth-order valence-corrected chi connectivity index (χ4v) is 3.84. The average Bonchev–Trinajstić information content (AvgIpc) is 3.06. The summed E-state index contributed by atoms with van der Waals surface area (Å²) < 4.78 is 5.48. The van der Waals surface area contributed by atoms with Crippen LogP contribution < -0.4 is 0 Å². The zero-order chi connectivity index (χ0) is 23.2. The molecule has 0 saturated carbocycles. The molecule has 0 bridgehead atoms. The molecule has 2 aromatic rings. The molecule has 31 heavy (non-hydrogen) atoms. The molecule has 0 aromatic heterocycles. The highest BCUT2D eigenvalue weighted by atomic mass is 35.5. The molecule has 0 radical (unpaired) electrons. The number of hydrogen-bond acceptors (Lipinski definition) is 4. The van der Waals surface area contributed by atoms with Crippen LogP contribution in [0.1, 0.15) is 37.5 Å². The highest BCUT2D eigenvalue weighted by molar-refractivity contribution is 7.80. The molecule has 0 saturated heterocycles. The Labute approximate surface area is 198 Å². The highest BCUT2D eigenvalue weighted by Gasteiger charge is 2.33. The number of rotatable bonds is 5. The summed E-state index contributed by atoms with van der Waals surface area (Å²) in [7, 11) is 0. The lowest BCUT2D eigenvalue weighted by molar-refractivity contribution is -0.142. The van der Waals surface area contributed by atoms with E-state index < -0.39 is 23.7 Å². The van der Waals surface area contributed by atoms with Crippen LogP contribution in [0.3, 0.4) is 0 Å². The number of aliphatic carboxylic acids is 1. The largest absolute Gasteiger partial charge is 0.480 e. The van der Waals surface area contributed by atoms with E-state index in [0.29, 0.717) is 0 Å². The summed E-state index contributed by atoms with van der Waals surface area (Å²) >= 11 is 13.7. The van der Waals surface area contributed by atoms with E-state index in [0.717, 1.165) is 23.1 Å². The fraction of sp³-hybridized carbons (Fsp3) is 0.391. The number of fused-ring (bicyclic) bond motifs is 3. The standard InChI is InChI=1S/C22H25NO4S.CH2Cl2/c1-22(2,3)27-21(26)23(19(13-28)20(24)25)12-15-8-6-10-17-16-9-5-4-7-14(16)11-18(15)17;2-1-3/h4-10,19,28H,11-13H2,1-3H3,(H,24,25);1H2. The van der Waals surface area contributed by atoms with E-state index in [1.54, 1.807) is 20.8 Å². The molecule has 2 aromatic carbocycles. The smallest absolute Gasteiger partial charge is 0.411 e. The SMILES string of the molecule is CC(C)(C)OC(=O)N(Cc1cccc2c1Cc1ccccc1-2)C(CS)C(=O)O.ClCCl. The van der Waals surface area contributed by atoms with Crippen molar-refractivity contribution in [3.63, 3.8) is 0 Å². The third kappa shape index (κ3) is 6.55. The second-order valence-electron chi connectivity index (χ2n) is 8.02. The molecular formula is C23H27Cl2NO4S. The number of benzene rings is 2. The minimum absolute atomic E-state index is 0.00380. The summed E-state index contributed by atoms with van der Waals surface area (Å²) in [6.07, 6.45) is 0.115. The summed E-state index contributed by atoms with van der Waals surface area (Å²) in [6.45, 7) is 5.44. The molecule has 1 aliphatic carbocycles. The second kappa shape index (κ2) is 11.1. The van der Waals surface area contributed by atoms with Crippen LogP contribution >= 0.6 is 35.8 Å². The lowest BCUT2D eigenvalue weighted by Gasteiger charge is -2.31. The zero-order valence-corrected chi connectivity index (χ0v) is 20.2. The Kier molecular flexibility index (Phi) is 9.10. The molecule has 1 N–H and O–H groups in total. The van der Waals surface area contributed by atoms with Gasteiger partial charge in [-0.2, -0.15) is 12.6 Å². The van der Waals surface area contributed by atoms with Crippen molar-refractivity contribution < 1.29 is 19.4 Å². The van der Waals surface area contributed by atoms with Crippen LogP contribution in [-0.2, 0) is 22.5 Å². The average molecular weight is 484 g/mol. The van der Waals surface area contributed by atoms with Gasteiger partial charge in [0.1, 0.15) is 11.6 Å². The van der Waals surface area contributed by atoms with E-state index in [2.05, 4.69) is 30.8 Å². The van der Waals surface area contributed by atoms with Gasteiger partial charge in [-0.1, -0.05) is 42.5 Å². The summed E-state index contributed by atoms with van der Waals surface area (Å²) in [4.78, 5) is 25.8. The fourth-order valence-electron chi connectivity index (χ4n) is 3.49. The predicted molar refractivity (Wildman–Crippen MR) is 128 cm³/mol. The minimum Gasteiger partial charge on any atom is -0.480 e. The van der Waals surface area contributed by atoms with Crippen LogP contribution in [0.25, 0.3) is 11.1 Å². The molecule has 0 aliphatic heterocycles. The van der Waals surface area contributed by atoms with Gasteiger partial charge in [0.25, 0.3) is 0 Å². The molecule has 0 heterocycles. The Bertz CT molecular complexity index is 930. The third-order valence-electron chi connectivity index (χ3n) is 4.75.